The standard InChI is InChI=1S/C29H23NO5/c1-17(31)34-16-18-12-13-30-23-9-5-4-8-22(23)26(24(30)14-18)27-25(28(32)35-29(27)33)21-11-10-19-6-2-3-7-20(19)15-21/h2-11,15,18H,12-14,16H2,1H3. The normalized spacial score (nSPS) is 17.7. The maximum absolute atomic E-state index is 13.2. The molecule has 6 heteroatoms. The van der Waals surface area contributed by atoms with E-state index in [4.69, 9.17) is 9.47 Å². The summed E-state index contributed by atoms with van der Waals surface area (Å²) in [5, 5.41) is 2.95. The fourth-order valence-electron chi connectivity index (χ4n) is 5.39. The predicted molar refractivity (Wildman–Crippen MR) is 132 cm³/mol. The van der Waals surface area contributed by atoms with Crippen LogP contribution in [0.2, 0.25) is 0 Å². The van der Waals surface area contributed by atoms with Gasteiger partial charge in [-0.1, -0.05) is 54.6 Å². The van der Waals surface area contributed by atoms with E-state index in [0.29, 0.717) is 29.7 Å². The summed E-state index contributed by atoms with van der Waals surface area (Å²) >= 11 is 0. The van der Waals surface area contributed by atoms with Crippen molar-refractivity contribution in [3.05, 3.63) is 83.6 Å². The Kier molecular flexibility index (Phi) is 5.02. The number of fused-ring (bicyclic) bond motifs is 4. The highest BCUT2D eigenvalue weighted by Gasteiger charge is 2.39. The van der Waals surface area contributed by atoms with Crippen molar-refractivity contribution in [2.24, 2.45) is 5.92 Å². The lowest BCUT2D eigenvalue weighted by molar-refractivity contribution is -0.149. The quantitative estimate of drug-likeness (QED) is 0.316. The summed E-state index contributed by atoms with van der Waals surface area (Å²) in [6, 6.07) is 21.6. The minimum absolute atomic E-state index is 0.132. The molecular weight excluding hydrogens is 442 g/mol. The molecule has 6 rings (SSSR count). The second-order valence-electron chi connectivity index (χ2n) is 9.14. The summed E-state index contributed by atoms with van der Waals surface area (Å²) in [5.41, 5.74) is 3.99. The number of aromatic nitrogens is 1. The van der Waals surface area contributed by atoms with E-state index in [-0.39, 0.29) is 11.9 Å². The molecule has 2 aliphatic heterocycles. The number of nitrogens with zero attached hydrogens (tertiary/aromatic N) is 1. The van der Waals surface area contributed by atoms with Crippen LogP contribution >= 0.6 is 0 Å². The van der Waals surface area contributed by atoms with Crippen LogP contribution in [0.5, 0.6) is 0 Å². The molecule has 0 spiro atoms. The molecule has 3 aromatic carbocycles. The summed E-state index contributed by atoms with van der Waals surface area (Å²) < 4.78 is 12.7. The van der Waals surface area contributed by atoms with Crippen molar-refractivity contribution < 1.29 is 23.9 Å². The fourth-order valence-corrected chi connectivity index (χ4v) is 5.39. The molecular formula is C29H23NO5. The van der Waals surface area contributed by atoms with Crippen LogP contribution in [-0.4, -0.2) is 29.1 Å². The van der Waals surface area contributed by atoms with Crippen LogP contribution < -0.4 is 0 Å². The molecule has 0 bridgehead atoms. The van der Waals surface area contributed by atoms with Crippen molar-refractivity contribution in [1.82, 2.24) is 4.57 Å². The Morgan fingerprint density at radius 1 is 0.971 bits per heavy atom. The SMILES string of the molecule is CC(=O)OCC1CCn2c(c(C3=C(c4ccc5ccccc5c4)C(=O)OC3=O)c3ccccc32)C1. The Hall–Kier alpha value is -4.19. The molecule has 6 nitrogen and oxygen atoms in total. The van der Waals surface area contributed by atoms with Crippen molar-refractivity contribution >= 4 is 50.7 Å². The number of cyclic esters (lactones) is 2. The monoisotopic (exact) mass is 465 g/mol. The molecule has 0 amide bonds. The molecule has 0 fully saturated rings. The van der Waals surface area contributed by atoms with Crippen molar-refractivity contribution in [2.75, 3.05) is 6.61 Å². The number of hydrogen-bond donors (Lipinski definition) is 0. The number of benzene rings is 3. The zero-order valence-corrected chi connectivity index (χ0v) is 19.2. The summed E-state index contributed by atoms with van der Waals surface area (Å²) in [5.74, 6) is -1.43. The number of rotatable bonds is 4. The Labute approximate surface area is 201 Å². The minimum atomic E-state index is -0.628. The van der Waals surface area contributed by atoms with E-state index in [2.05, 4.69) is 4.57 Å². The van der Waals surface area contributed by atoms with Gasteiger partial charge >= 0.3 is 17.9 Å². The van der Waals surface area contributed by atoms with Crippen LogP contribution in [0, 0.1) is 5.92 Å². The average Bonchev–Trinajstić information content (AvgIpc) is 3.34. The van der Waals surface area contributed by atoms with Crippen molar-refractivity contribution in [3.8, 4) is 0 Å². The highest BCUT2D eigenvalue weighted by atomic mass is 16.6. The topological polar surface area (TPSA) is 74.6 Å². The summed E-state index contributed by atoms with van der Waals surface area (Å²) in [7, 11) is 0. The van der Waals surface area contributed by atoms with Gasteiger partial charge in [-0.15, -0.1) is 0 Å². The van der Waals surface area contributed by atoms with E-state index in [1.165, 1.54) is 6.92 Å². The second-order valence-corrected chi connectivity index (χ2v) is 9.14. The van der Waals surface area contributed by atoms with E-state index in [1.807, 2.05) is 66.7 Å². The van der Waals surface area contributed by atoms with Gasteiger partial charge in [0.05, 0.1) is 17.8 Å². The highest BCUT2D eigenvalue weighted by molar-refractivity contribution is 6.46. The lowest BCUT2D eigenvalue weighted by atomic mass is 9.89. The maximum Gasteiger partial charge on any atom is 0.347 e. The van der Waals surface area contributed by atoms with E-state index in [9.17, 15) is 14.4 Å². The first-order chi connectivity index (χ1) is 17.0. The number of carbonyl (C=O) groups excluding carboxylic acids is 3. The lowest BCUT2D eigenvalue weighted by Crippen LogP contribution is -2.24. The number of aryl methyl sites for hydroxylation is 1. The third kappa shape index (κ3) is 3.53. The summed E-state index contributed by atoms with van der Waals surface area (Å²) in [4.78, 5) is 37.6. The molecule has 0 saturated heterocycles. The second kappa shape index (κ2) is 8.24. The Morgan fingerprint density at radius 2 is 1.71 bits per heavy atom. The Balaban J connectivity index is 1.57. The first kappa shape index (κ1) is 21.4. The zero-order chi connectivity index (χ0) is 24.1. The van der Waals surface area contributed by atoms with Gasteiger partial charge in [0.15, 0.2) is 0 Å². The molecule has 35 heavy (non-hydrogen) atoms. The van der Waals surface area contributed by atoms with E-state index >= 15 is 0 Å². The van der Waals surface area contributed by atoms with Gasteiger partial charge in [-0.3, -0.25) is 4.79 Å². The molecule has 4 aromatic rings. The molecule has 174 valence electrons. The fraction of sp³-hybridized carbons (Fsp3) is 0.207. The summed E-state index contributed by atoms with van der Waals surface area (Å²) in [6.07, 6.45) is 1.49. The predicted octanol–water partition coefficient (Wildman–Crippen LogP) is 4.91. The third-order valence-electron chi connectivity index (χ3n) is 6.98. The van der Waals surface area contributed by atoms with Crippen molar-refractivity contribution in [3.63, 3.8) is 0 Å². The molecule has 1 unspecified atom stereocenters. The summed E-state index contributed by atoms with van der Waals surface area (Å²) in [6.45, 7) is 2.48. The lowest BCUT2D eigenvalue weighted by Gasteiger charge is -2.25. The molecule has 3 heterocycles. The first-order valence-corrected chi connectivity index (χ1v) is 11.7. The van der Waals surface area contributed by atoms with Gasteiger partial charge in [-0.25, -0.2) is 9.59 Å². The molecule has 0 N–H and O–H groups in total. The van der Waals surface area contributed by atoms with Crippen LogP contribution in [0.3, 0.4) is 0 Å². The maximum atomic E-state index is 13.2. The molecule has 2 aliphatic rings. The Bertz CT molecular complexity index is 1570. The van der Waals surface area contributed by atoms with Crippen LogP contribution in [0.15, 0.2) is 66.7 Å². The largest absolute Gasteiger partial charge is 0.466 e. The van der Waals surface area contributed by atoms with E-state index < -0.39 is 11.9 Å². The van der Waals surface area contributed by atoms with Gasteiger partial charge in [-0.05, 0) is 41.3 Å². The number of para-hydroxylation sites is 1. The van der Waals surface area contributed by atoms with Crippen LogP contribution in [0.25, 0.3) is 32.8 Å². The number of carbonyl (C=O) groups is 3. The van der Waals surface area contributed by atoms with E-state index in [1.54, 1.807) is 0 Å². The number of hydrogen-bond acceptors (Lipinski definition) is 5. The Morgan fingerprint density at radius 3 is 2.54 bits per heavy atom. The minimum Gasteiger partial charge on any atom is -0.466 e. The van der Waals surface area contributed by atoms with Crippen LogP contribution in [0.4, 0.5) is 0 Å². The van der Waals surface area contributed by atoms with Gasteiger partial charge in [0.2, 0.25) is 0 Å². The van der Waals surface area contributed by atoms with Gasteiger partial charge in [0.1, 0.15) is 0 Å². The molecule has 1 atom stereocenters. The number of esters is 3. The first-order valence-electron chi connectivity index (χ1n) is 11.7. The van der Waals surface area contributed by atoms with Crippen LogP contribution in [-0.2, 0) is 36.8 Å². The van der Waals surface area contributed by atoms with Gasteiger partial charge in [0, 0.05) is 41.5 Å². The zero-order valence-electron chi connectivity index (χ0n) is 19.2. The third-order valence-corrected chi connectivity index (χ3v) is 6.98. The molecule has 0 radical (unpaired) electrons. The van der Waals surface area contributed by atoms with Gasteiger partial charge in [0.25, 0.3) is 0 Å². The highest BCUT2D eigenvalue weighted by Crippen LogP contribution is 2.43. The molecule has 1 aromatic heterocycles. The van der Waals surface area contributed by atoms with Crippen molar-refractivity contribution in [1.29, 1.82) is 0 Å². The van der Waals surface area contributed by atoms with Crippen molar-refractivity contribution in [2.45, 2.75) is 26.3 Å². The average molecular weight is 466 g/mol. The van der Waals surface area contributed by atoms with Crippen LogP contribution in [0.1, 0.15) is 30.2 Å². The van der Waals surface area contributed by atoms with Gasteiger partial charge < -0.3 is 14.0 Å². The van der Waals surface area contributed by atoms with E-state index in [0.717, 1.165) is 45.9 Å². The van der Waals surface area contributed by atoms with Gasteiger partial charge in [-0.2, -0.15) is 0 Å². The number of ether oxygens (including phenoxy) is 2. The molecule has 0 aliphatic carbocycles. The molecule has 0 saturated carbocycles. The smallest absolute Gasteiger partial charge is 0.347 e.